The zero-order valence-corrected chi connectivity index (χ0v) is 16.7. The molecule has 0 bridgehead atoms. The van der Waals surface area contributed by atoms with Crippen LogP contribution in [0.15, 0.2) is 36.4 Å². The highest BCUT2D eigenvalue weighted by Crippen LogP contribution is 2.32. The van der Waals surface area contributed by atoms with Crippen molar-refractivity contribution in [3.8, 4) is 5.75 Å². The third kappa shape index (κ3) is 3.49. The molecule has 0 unspecified atom stereocenters. The second-order valence-corrected chi connectivity index (χ2v) is 7.95. The predicted octanol–water partition coefficient (Wildman–Crippen LogP) is 3.88. The van der Waals surface area contributed by atoms with E-state index >= 15 is 0 Å². The number of piperazine rings is 1. The summed E-state index contributed by atoms with van der Waals surface area (Å²) in [6.45, 7) is 7.23. The minimum atomic E-state index is 0.0596. The Hall–Kier alpha value is -2.60. The van der Waals surface area contributed by atoms with Crippen LogP contribution in [0.25, 0.3) is 10.2 Å². The predicted molar refractivity (Wildman–Crippen MR) is 110 cm³/mol. The summed E-state index contributed by atoms with van der Waals surface area (Å²) in [4.78, 5) is 21.8. The van der Waals surface area contributed by atoms with Crippen molar-refractivity contribution in [2.45, 2.75) is 13.8 Å². The van der Waals surface area contributed by atoms with Crippen LogP contribution < -0.4 is 9.64 Å². The van der Waals surface area contributed by atoms with Crippen molar-refractivity contribution in [1.82, 2.24) is 9.88 Å². The van der Waals surface area contributed by atoms with Crippen molar-refractivity contribution in [1.29, 1.82) is 0 Å². The van der Waals surface area contributed by atoms with Crippen molar-refractivity contribution in [2.24, 2.45) is 0 Å². The van der Waals surface area contributed by atoms with Gasteiger partial charge in [0.15, 0.2) is 5.13 Å². The molecule has 5 nitrogen and oxygen atoms in total. The minimum absolute atomic E-state index is 0.0596. The first kappa shape index (κ1) is 17.8. The minimum Gasteiger partial charge on any atom is -0.497 e. The fraction of sp³-hybridized carbons (Fsp3) is 0.333. The van der Waals surface area contributed by atoms with Gasteiger partial charge in [-0.3, -0.25) is 4.79 Å². The van der Waals surface area contributed by atoms with Crippen LogP contribution in [0.3, 0.4) is 0 Å². The van der Waals surface area contributed by atoms with E-state index in [1.165, 1.54) is 15.8 Å². The Bertz CT molecular complexity index is 990. The van der Waals surface area contributed by atoms with E-state index in [0.717, 1.165) is 23.7 Å². The molecule has 0 saturated carbocycles. The molecule has 1 amide bonds. The zero-order valence-electron chi connectivity index (χ0n) is 15.9. The molecule has 27 heavy (non-hydrogen) atoms. The number of carbonyl (C=O) groups is 1. The zero-order chi connectivity index (χ0) is 19.0. The lowest BCUT2D eigenvalue weighted by Crippen LogP contribution is -2.48. The number of hydrogen-bond donors (Lipinski definition) is 0. The largest absolute Gasteiger partial charge is 0.497 e. The molecule has 2 aromatic carbocycles. The molecule has 1 saturated heterocycles. The van der Waals surface area contributed by atoms with Crippen LogP contribution in [-0.4, -0.2) is 49.1 Å². The van der Waals surface area contributed by atoms with Gasteiger partial charge in [0, 0.05) is 31.7 Å². The lowest BCUT2D eigenvalue weighted by molar-refractivity contribution is 0.0746. The monoisotopic (exact) mass is 381 g/mol. The van der Waals surface area contributed by atoms with Gasteiger partial charge in [0.25, 0.3) is 5.91 Å². The average molecular weight is 382 g/mol. The third-order valence-electron chi connectivity index (χ3n) is 4.97. The summed E-state index contributed by atoms with van der Waals surface area (Å²) < 4.78 is 6.46. The number of rotatable bonds is 3. The highest BCUT2D eigenvalue weighted by atomic mass is 32.1. The second kappa shape index (κ2) is 7.19. The number of aromatic nitrogens is 1. The van der Waals surface area contributed by atoms with Gasteiger partial charge < -0.3 is 14.5 Å². The van der Waals surface area contributed by atoms with Gasteiger partial charge in [0.05, 0.1) is 17.3 Å². The van der Waals surface area contributed by atoms with Crippen molar-refractivity contribution >= 4 is 32.6 Å². The molecule has 140 valence electrons. The number of hydrogen-bond acceptors (Lipinski definition) is 5. The van der Waals surface area contributed by atoms with Gasteiger partial charge in [-0.2, -0.15) is 0 Å². The summed E-state index contributed by atoms with van der Waals surface area (Å²) in [5, 5.41) is 1.05. The van der Waals surface area contributed by atoms with E-state index in [4.69, 9.17) is 9.72 Å². The number of aryl methyl sites for hydroxylation is 2. The van der Waals surface area contributed by atoms with Crippen molar-refractivity contribution in [3.63, 3.8) is 0 Å². The first-order valence-electron chi connectivity index (χ1n) is 9.11. The molecule has 1 fully saturated rings. The number of ether oxygens (including phenoxy) is 1. The van der Waals surface area contributed by atoms with Gasteiger partial charge in [-0.05, 0) is 49.2 Å². The lowest BCUT2D eigenvalue weighted by atomic mass is 10.1. The van der Waals surface area contributed by atoms with E-state index < -0.39 is 0 Å². The standard InChI is InChI=1S/C21H23N3O2S/c1-14-11-15(2)19-18(12-14)27-21(22-19)24-9-7-23(8-10-24)20(25)16-5-4-6-17(13-16)26-3/h4-6,11-13H,7-10H2,1-3H3. The number of benzene rings is 2. The number of anilines is 1. The van der Waals surface area contributed by atoms with E-state index in [-0.39, 0.29) is 5.91 Å². The molecule has 0 aliphatic carbocycles. The van der Waals surface area contributed by atoms with Gasteiger partial charge >= 0.3 is 0 Å². The number of thiazole rings is 1. The summed E-state index contributed by atoms with van der Waals surface area (Å²) in [7, 11) is 1.61. The fourth-order valence-corrected chi connectivity index (χ4v) is 4.73. The number of methoxy groups -OCH3 is 1. The fourth-order valence-electron chi connectivity index (χ4n) is 3.53. The van der Waals surface area contributed by atoms with Crippen LogP contribution in [0.1, 0.15) is 21.5 Å². The van der Waals surface area contributed by atoms with Crippen molar-refractivity contribution in [3.05, 3.63) is 53.1 Å². The number of nitrogens with zero attached hydrogens (tertiary/aromatic N) is 3. The summed E-state index contributed by atoms with van der Waals surface area (Å²) in [6, 6.07) is 11.7. The SMILES string of the molecule is COc1cccc(C(=O)N2CCN(c3nc4c(C)cc(C)cc4s3)CC2)c1. The summed E-state index contributed by atoms with van der Waals surface area (Å²) in [6.07, 6.45) is 0. The average Bonchev–Trinajstić information content (AvgIpc) is 3.12. The second-order valence-electron chi connectivity index (χ2n) is 6.94. The maximum absolute atomic E-state index is 12.8. The molecular weight excluding hydrogens is 358 g/mol. The molecule has 0 N–H and O–H groups in total. The molecule has 1 aliphatic heterocycles. The molecule has 3 aromatic rings. The van der Waals surface area contributed by atoms with Gasteiger partial charge in [-0.1, -0.05) is 23.5 Å². The maximum atomic E-state index is 12.8. The first-order valence-corrected chi connectivity index (χ1v) is 9.93. The lowest BCUT2D eigenvalue weighted by Gasteiger charge is -2.34. The molecule has 0 atom stereocenters. The smallest absolute Gasteiger partial charge is 0.254 e. The van der Waals surface area contributed by atoms with Crippen LogP contribution in [0.5, 0.6) is 5.75 Å². The molecule has 0 spiro atoms. The van der Waals surface area contributed by atoms with Crippen LogP contribution in [0.2, 0.25) is 0 Å². The van der Waals surface area contributed by atoms with Crippen molar-refractivity contribution < 1.29 is 9.53 Å². The van der Waals surface area contributed by atoms with E-state index in [1.807, 2.05) is 23.1 Å². The molecular formula is C21H23N3O2S. The Labute approximate surface area is 163 Å². The van der Waals surface area contributed by atoms with Crippen LogP contribution in [0, 0.1) is 13.8 Å². The molecule has 1 aliphatic rings. The third-order valence-corrected chi connectivity index (χ3v) is 6.04. The van der Waals surface area contributed by atoms with Crippen molar-refractivity contribution in [2.75, 3.05) is 38.2 Å². The van der Waals surface area contributed by atoms with Gasteiger partial charge in [0.2, 0.25) is 0 Å². The highest BCUT2D eigenvalue weighted by molar-refractivity contribution is 7.22. The van der Waals surface area contributed by atoms with E-state index in [0.29, 0.717) is 24.4 Å². The normalized spacial score (nSPS) is 14.6. The van der Waals surface area contributed by atoms with E-state index in [9.17, 15) is 4.79 Å². The van der Waals surface area contributed by atoms with Gasteiger partial charge in [0.1, 0.15) is 5.75 Å². The molecule has 6 heteroatoms. The van der Waals surface area contributed by atoms with Crippen LogP contribution >= 0.6 is 11.3 Å². The maximum Gasteiger partial charge on any atom is 0.254 e. The van der Waals surface area contributed by atoms with E-state index in [1.54, 1.807) is 24.5 Å². The van der Waals surface area contributed by atoms with E-state index in [2.05, 4.69) is 30.9 Å². The molecule has 2 heterocycles. The Morgan fingerprint density at radius 1 is 1.11 bits per heavy atom. The van der Waals surface area contributed by atoms with Gasteiger partial charge in [-0.15, -0.1) is 0 Å². The topological polar surface area (TPSA) is 45.7 Å². The Morgan fingerprint density at radius 2 is 1.89 bits per heavy atom. The van der Waals surface area contributed by atoms with Gasteiger partial charge in [-0.25, -0.2) is 4.98 Å². The Balaban J connectivity index is 1.47. The molecule has 4 rings (SSSR count). The Morgan fingerprint density at radius 3 is 2.63 bits per heavy atom. The summed E-state index contributed by atoms with van der Waals surface area (Å²) in [5.41, 5.74) is 4.26. The number of amides is 1. The summed E-state index contributed by atoms with van der Waals surface area (Å²) in [5.74, 6) is 0.768. The summed E-state index contributed by atoms with van der Waals surface area (Å²) >= 11 is 1.74. The van der Waals surface area contributed by atoms with Crippen LogP contribution in [0.4, 0.5) is 5.13 Å². The Kier molecular flexibility index (Phi) is 4.74. The first-order chi connectivity index (χ1) is 13.0. The molecule has 0 radical (unpaired) electrons. The number of fused-ring (bicyclic) bond motifs is 1. The van der Waals surface area contributed by atoms with Crippen LogP contribution in [-0.2, 0) is 0 Å². The number of carbonyl (C=O) groups excluding carboxylic acids is 1. The highest BCUT2D eigenvalue weighted by Gasteiger charge is 2.24. The quantitative estimate of drug-likeness (QED) is 0.691. The molecule has 1 aromatic heterocycles.